The maximum atomic E-state index is 11.7. The van der Waals surface area contributed by atoms with E-state index in [0.29, 0.717) is 16.4 Å². The van der Waals surface area contributed by atoms with Crippen LogP contribution in [0.25, 0.3) is 0 Å². The Kier molecular flexibility index (Phi) is 4.58. The van der Waals surface area contributed by atoms with Gasteiger partial charge in [0.1, 0.15) is 11.4 Å². The van der Waals surface area contributed by atoms with E-state index >= 15 is 0 Å². The van der Waals surface area contributed by atoms with E-state index in [1.807, 2.05) is 31.2 Å². The van der Waals surface area contributed by atoms with Crippen molar-refractivity contribution in [2.75, 3.05) is 12.4 Å². The average molecular weight is 291 g/mol. The standard InChI is InChI=1S/C15H15ClN2O2/c1-10(11-6-3-4-8-13(11)16)18-14-12(15(19)20-2)7-5-9-17-14/h3-10H,1-2H3,(H,17,18). The van der Waals surface area contributed by atoms with E-state index < -0.39 is 5.97 Å². The van der Waals surface area contributed by atoms with Gasteiger partial charge in [0.25, 0.3) is 0 Å². The van der Waals surface area contributed by atoms with E-state index in [1.54, 1.807) is 18.3 Å². The van der Waals surface area contributed by atoms with E-state index in [2.05, 4.69) is 10.3 Å². The molecule has 0 saturated heterocycles. The minimum absolute atomic E-state index is 0.0815. The van der Waals surface area contributed by atoms with Gasteiger partial charge < -0.3 is 10.1 Å². The molecule has 1 aromatic heterocycles. The topological polar surface area (TPSA) is 51.2 Å². The monoisotopic (exact) mass is 290 g/mol. The summed E-state index contributed by atoms with van der Waals surface area (Å²) in [6.07, 6.45) is 1.62. The van der Waals surface area contributed by atoms with Crippen LogP contribution in [-0.2, 0) is 4.74 Å². The van der Waals surface area contributed by atoms with Gasteiger partial charge in [-0.1, -0.05) is 29.8 Å². The Morgan fingerprint density at radius 2 is 2.05 bits per heavy atom. The van der Waals surface area contributed by atoms with Crippen molar-refractivity contribution in [1.82, 2.24) is 4.98 Å². The molecular weight excluding hydrogens is 276 g/mol. The van der Waals surface area contributed by atoms with Gasteiger partial charge in [-0.2, -0.15) is 0 Å². The number of aromatic nitrogens is 1. The van der Waals surface area contributed by atoms with Crippen LogP contribution < -0.4 is 5.32 Å². The molecule has 0 radical (unpaired) electrons. The second kappa shape index (κ2) is 6.39. The van der Waals surface area contributed by atoms with Crippen LogP contribution in [0, 0.1) is 0 Å². The number of carbonyl (C=O) groups is 1. The number of nitrogens with zero attached hydrogens (tertiary/aromatic N) is 1. The number of rotatable bonds is 4. The third-order valence-corrected chi connectivity index (χ3v) is 3.28. The molecule has 104 valence electrons. The molecule has 1 heterocycles. The second-order valence-corrected chi connectivity index (χ2v) is 4.69. The molecule has 0 bridgehead atoms. The van der Waals surface area contributed by atoms with Gasteiger partial charge in [-0.25, -0.2) is 9.78 Å². The lowest BCUT2D eigenvalue weighted by Crippen LogP contribution is -2.13. The van der Waals surface area contributed by atoms with Gasteiger partial charge in [0.15, 0.2) is 0 Å². The summed E-state index contributed by atoms with van der Waals surface area (Å²) < 4.78 is 4.74. The summed E-state index contributed by atoms with van der Waals surface area (Å²) in [5.74, 6) is 0.0544. The molecule has 20 heavy (non-hydrogen) atoms. The van der Waals surface area contributed by atoms with Crippen LogP contribution in [-0.4, -0.2) is 18.1 Å². The third-order valence-electron chi connectivity index (χ3n) is 2.94. The molecule has 5 heteroatoms. The molecule has 2 aromatic rings. The van der Waals surface area contributed by atoms with Gasteiger partial charge in [-0.3, -0.25) is 0 Å². The second-order valence-electron chi connectivity index (χ2n) is 4.28. The van der Waals surface area contributed by atoms with Crippen molar-refractivity contribution in [3.05, 3.63) is 58.7 Å². The normalized spacial score (nSPS) is 11.8. The lowest BCUT2D eigenvalue weighted by Gasteiger charge is -2.17. The van der Waals surface area contributed by atoms with E-state index in [4.69, 9.17) is 16.3 Å². The van der Waals surface area contributed by atoms with Crippen LogP contribution in [0.1, 0.15) is 28.9 Å². The van der Waals surface area contributed by atoms with Crippen molar-refractivity contribution < 1.29 is 9.53 Å². The smallest absolute Gasteiger partial charge is 0.341 e. The van der Waals surface area contributed by atoms with E-state index in [1.165, 1.54) is 7.11 Å². The predicted octanol–water partition coefficient (Wildman–Crippen LogP) is 3.69. The average Bonchev–Trinajstić information content (AvgIpc) is 2.47. The molecule has 1 atom stereocenters. The van der Waals surface area contributed by atoms with Crippen LogP contribution in [0.3, 0.4) is 0 Å². The highest BCUT2D eigenvalue weighted by molar-refractivity contribution is 6.31. The van der Waals surface area contributed by atoms with Crippen molar-refractivity contribution in [3.8, 4) is 0 Å². The first kappa shape index (κ1) is 14.3. The van der Waals surface area contributed by atoms with Crippen LogP contribution in [0.15, 0.2) is 42.6 Å². The number of ether oxygens (including phenoxy) is 1. The van der Waals surface area contributed by atoms with Gasteiger partial charge in [-0.15, -0.1) is 0 Å². The molecular formula is C15H15ClN2O2. The zero-order valence-corrected chi connectivity index (χ0v) is 12.0. The van der Waals surface area contributed by atoms with Crippen molar-refractivity contribution in [3.63, 3.8) is 0 Å². The number of pyridine rings is 1. The fourth-order valence-corrected chi connectivity index (χ4v) is 2.20. The number of anilines is 1. The Morgan fingerprint density at radius 3 is 2.75 bits per heavy atom. The zero-order chi connectivity index (χ0) is 14.5. The SMILES string of the molecule is COC(=O)c1cccnc1NC(C)c1ccccc1Cl. The molecule has 0 aliphatic carbocycles. The number of methoxy groups -OCH3 is 1. The van der Waals surface area contributed by atoms with Gasteiger partial charge in [0, 0.05) is 11.2 Å². The fourth-order valence-electron chi connectivity index (χ4n) is 1.90. The summed E-state index contributed by atoms with van der Waals surface area (Å²) in [6, 6.07) is 10.8. The molecule has 0 fully saturated rings. The summed E-state index contributed by atoms with van der Waals surface area (Å²) >= 11 is 6.16. The first-order chi connectivity index (χ1) is 9.63. The summed E-state index contributed by atoms with van der Waals surface area (Å²) in [4.78, 5) is 15.9. The number of benzene rings is 1. The highest BCUT2D eigenvalue weighted by atomic mass is 35.5. The molecule has 0 amide bonds. The van der Waals surface area contributed by atoms with E-state index in [9.17, 15) is 4.79 Å². The Bertz CT molecular complexity index is 616. The number of halogens is 1. The molecule has 1 N–H and O–H groups in total. The maximum absolute atomic E-state index is 11.7. The number of carbonyl (C=O) groups excluding carboxylic acids is 1. The van der Waals surface area contributed by atoms with Crippen LogP contribution in [0.2, 0.25) is 5.02 Å². The Hall–Kier alpha value is -2.07. The van der Waals surface area contributed by atoms with Gasteiger partial charge in [-0.05, 0) is 30.7 Å². The summed E-state index contributed by atoms with van der Waals surface area (Å²) in [6.45, 7) is 1.96. The highest BCUT2D eigenvalue weighted by Crippen LogP contribution is 2.26. The molecule has 0 saturated carbocycles. The minimum atomic E-state index is -0.424. The number of hydrogen-bond donors (Lipinski definition) is 1. The minimum Gasteiger partial charge on any atom is -0.465 e. The highest BCUT2D eigenvalue weighted by Gasteiger charge is 2.16. The summed E-state index contributed by atoms with van der Waals surface area (Å²) in [7, 11) is 1.34. The van der Waals surface area contributed by atoms with E-state index in [0.717, 1.165) is 5.56 Å². The lowest BCUT2D eigenvalue weighted by molar-refractivity contribution is 0.0601. The Balaban J connectivity index is 2.26. The third kappa shape index (κ3) is 3.08. The molecule has 2 rings (SSSR count). The van der Waals surface area contributed by atoms with E-state index in [-0.39, 0.29) is 6.04 Å². The largest absolute Gasteiger partial charge is 0.465 e. The van der Waals surface area contributed by atoms with Crippen LogP contribution in [0.4, 0.5) is 5.82 Å². The predicted molar refractivity (Wildman–Crippen MR) is 79.1 cm³/mol. The van der Waals surface area contributed by atoms with Crippen molar-refractivity contribution in [2.24, 2.45) is 0 Å². The fraction of sp³-hybridized carbons (Fsp3) is 0.200. The first-order valence-electron chi connectivity index (χ1n) is 6.17. The Labute approximate surface area is 122 Å². The van der Waals surface area contributed by atoms with Crippen molar-refractivity contribution in [2.45, 2.75) is 13.0 Å². The molecule has 1 aromatic carbocycles. The maximum Gasteiger partial charge on any atom is 0.341 e. The number of nitrogens with one attached hydrogen (secondary N) is 1. The Morgan fingerprint density at radius 1 is 1.30 bits per heavy atom. The molecule has 1 unspecified atom stereocenters. The first-order valence-corrected chi connectivity index (χ1v) is 6.55. The molecule has 0 aliphatic heterocycles. The van der Waals surface area contributed by atoms with Crippen LogP contribution in [0.5, 0.6) is 0 Å². The molecule has 4 nitrogen and oxygen atoms in total. The molecule has 0 aliphatic rings. The zero-order valence-electron chi connectivity index (χ0n) is 11.3. The molecule has 0 spiro atoms. The van der Waals surface area contributed by atoms with Crippen LogP contribution >= 0.6 is 11.6 Å². The van der Waals surface area contributed by atoms with Crippen molar-refractivity contribution in [1.29, 1.82) is 0 Å². The van der Waals surface area contributed by atoms with Gasteiger partial charge in [0.2, 0.25) is 0 Å². The lowest BCUT2D eigenvalue weighted by atomic mass is 10.1. The van der Waals surface area contributed by atoms with Gasteiger partial charge >= 0.3 is 5.97 Å². The number of esters is 1. The number of hydrogen-bond acceptors (Lipinski definition) is 4. The quantitative estimate of drug-likeness (QED) is 0.873. The summed E-state index contributed by atoms with van der Waals surface area (Å²) in [5, 5.41) is 3.86. The van der Waals surface area contributed by atoms with Gasteiger partial charge in [0.05, 0.1) is 13.2 Å². The van der Waals surface area contributed by atoms with Crippen molar-refractivity contribution >= 4 is 23.4 Å². The summed E-state index contributed by atoms with van der Waals surface area (Å²) in [5.41, 5.74) is 1.34.